The van der Waals surface area contributed by atoms with Crippen LogP contribution in [0, 0.1) is 0 Å². The first-order chi connectivity index (χ1) is 8.18. The second kappa shape index (κ2) is 4.85. The van der Waals surface area contributed by atoms with E-state index in [1.165, 1.54) is 19.2 Å². The van der Waals surface area contributed by atoms with Gasteiger partial charge in [0.05, 0.1) is 0 Å². The molecular formula is C11H13F3N2O2. The Morgan fingerprint density at radius 1 is 1.22 bits per heavy atom. The molecule has 7 heteroatoms. The lowest BCUT2D eigenvalue weighted by molar-refractivity contribution is -0.258. The van der Waals surface area contributed by atoms with Crippen molar-refractivity contribution in [3.05, 3.63) is 29.8 Å². The van der Waals surface area contributed by atoms with Gasteiger partial charge >= 0.3 is 12.2 Å². The van der Waals surface area contributed by atoms with Gasteiger partial charge in [0, 0.05) is 12.7 Å². The molecule has 2 amide bonds. The number of carbonyl (C=O) groups excluding carboxylic acids is 1. The summed E-state index contributed by atoms with van der Waals surface area (Å²) in [6.07, 6.45) is -4.76. The van der Waals surface area contributed by atoms with Crippen molar-refractivity contribution in [2.45, 2.75) is 18.7 Å². The summed E-state index contributed by atoms with van der Waals surface area (Å²) in [6.45, 7) is 0.675. The van der Waals surface area contributed by atoms with Crippen LogP contribution in [0.1, 0.15) is 12.5 Å². The van der Waals surface area contributed by atoms with E-state index in [1.54, 1.807) is 0 Å². The minimum Gasteiger partial charge on any atom is -0.376 e. The average Bonchev–Trinajstić information content (AvgIpc) is 2.28. The van der Waals surface area contributed by atoms with Gasteiger partial charge < -0.3 is 15.7 Å². The number of halogens is 3. The first-order valence-electron chi connectivity index (χ1n) is 5.07. The van der Waals surface area contributed by atoms with Crippen molar-refractivity contribution in [1.82, 2.24) is 5.32 Å². The summed E-state index contributed by atoms with van der Waals surface area (Å²) < 4.78 is 37.7. The lowest BCUT2D eigenvalue weighted by Crippen LogP contribution is -2.39. The first-order valence-corrected chi connectivity index (χ1v) is 5.07. The maximum atomic E-state index is 12.6. The van der Waals surface area contributed by atoms with Crippen LogP contribution in [-0.4, -0.2) is 24.4 Å². The van der Waals surface area contributed by atoms with Crippen molar-refractivity contribution < 1.29 is 23.1 Å². The van der Waals surface area contributed by atoms with Crippen molar-refractivity contribution in [1.29, 1.82) is 0 Å². The zero-order chi connectivity index (χ0) is 14.0. The number of rotatable bonds is 2. The van der Waals surface area contributed by atoms with Crippen LogP contribution in [0.4, 0.5) is 23.7 Å². The maximum absolute atomic E-state index is 12.6. The van der Waals surface area contributed by atoms with E-state index in [0.717, 1.165) is 12.1 Å². The fourth-order valence-electron chi connectivity index (χ4n) is 1.24. The Kier molecular flexibility index (Phi) is 3.85. The van der Waals surface area contributed by atoms with Crippen LogP contribution in [0.2, 0.25) is 0 Å². The van der Waals surface area contributed by atoms with Gasteiger partial charge in [0.15, 0.2) is 5.60 Å². The predicted octanol–water partition coefficient (Wildman–Crippen LogP) is 2.21. The molecule has 1 atom stereocenters. The molecule has 0 aliphatic carbocycles. The zero-order valence-electron chi connectivity index (χ0n) is 9.80. The Labute approximate surface area is 102 Å². The molecule has 1 unspecified atom stereocenters. The summed E-state index contributed by atoms with van der Waals surface area (Å²) in [5.41, 5.74) is -2.88. The van der Waals surface area contributed by atoms with E-state index in [4.69, 9.17) is 0 Å². The SMILES string of the molecule is CNC(=O)Nc1ccc(C(C)(O)C(F)(F)F)cc1. The van der Waals surface area contributed by atoms with E-state index in [2.05, 4.69) is 10.6 Å². The number of amides is 2. The number of benzene rings is 1. The molecule has 1 rings (SSSR count). The minimum atomic E-state index is -4.76. The molecule has 4 nitrogen and oxygen atoms in total. The second-order valence-electron chi connectivity index (χ2n) is 3.85. The third-order valence-corrected chi connectivity index (χ3v) is 2.48. The summed E-state index contributed by atoms with van der Waals surface area (Å²) in [5.74, 6) is 0. The van der Waals surface area contributed by atoms with Crippen LogP contribution in [0.5, 0.6) is 0 Å². The smallest absolute Gasteiger partial charge is 0.376 e. The van der Waals surface area contributed by atoms with Crippen LogP contribution in [0.15, 0.2) is 24.3 Å². The molecule has 0 saturated heterocycles. The number of carbonyl (C=O) groups is 1. The number of hydrogen-bond acceptors (Lipinski definition) is 2. The number of nitrogens with one attached hydrogen (secondary N) is 2. The van der Waals surface area contributed by atoms with E-state index in [9.17, 15) is 23.1 Å². The highest BCUT2D eigenvalue weighted by Gasteiger charge is 2.51. The van der Waals surface area contributed by atoms with E-state index >= 15 is 0 Å². The fraction of sp³-hybridized carbons (Fsp3) is 0.364. The zero-order valence-corrected chi connectivity index (χ0v) is 9.80. The molecule has 0 aromatic heterocycles. The number of urea groups is 1. The summed E-state index contributed by atoms with van der Waals surface area (Å²) in [5, 5.41) is 14.1. The van der Waals surface area contributed by atoms with E-state index < -0.39 is 17.8 Å². The molecule has 0 saturated carbocycles. The monoisotopic (exact) mass is 262 g/mol. The standard InChI is InChI=1S/C11H13F3N2O2/c1-10(18,11(12,13)14)7-3-5-8(6-4-7)16-9(17)15-2/h3-6,18H,1-2H3,(H2,15,16,17). The third kappa shape index (κ3) is 2.92. The van der Waals surface area contributed by atoms with E-state index in [1.807, 2.05) is 0 Å². The molecule has 0 aliphatic heterocycles. The van der Waals surface area contributed by atoms with Gasteiger partial charge in [-0.05, 0) is 24.6 Å². The maximum Gasteiger partial charge on any atom is 0.421 e. The van der Waals surface area contributed by atoms with Crippen LogP contribution in [-0.2, 0) is 5.60 Å². The molecule has 0 fully saturated rings. The topological polar surface area (TPSA) is 61.4 Å². The van der Waals surface area contributed by atoms with Gasteiger partial charge in [0.1, 0.15) is 0 Å². The molecule has 0 aliphatic rings. The molecule has 0 spiro atoms. The van der Waals surface area contributed by atoms with Crippen LogP contribution >= 0.6 is 0 Å². The Balaban J connectivity index is 2.93. The number of anilines is 1. The molecule has 1 aromatic carbocycles. The van der Waals surface area contributed by atoms with Crippen molar-refractivity contribution in [3.63, 3.8) is 0 Å². The quantitative estimate of drug-likeness (QED) is 0.765. The van der Waals surface area contributed by atoms with Crippen LogP contribution in [0.25, 0.3) is 0 Å². The van der Waals surface area contributed by atoms with Crippen LogP contribution in [0.3, 0.4) is 0 Å². The van der Waals surface area contributed by atoms with Gasteiger partial charge in [-0.25, -0.2) is 4.79 Å². The van der Waals surface area contributed by atoms with Crippen molar-refractivity contribution >= 4 is 11.7 Å². The number of alkyl halides is 3. The van der Waals surface area contributed by atoms with Crippen molar-refractivity contribution in [2.24, 2.45) is 0 Å². The summed E-state index contributed by atoms with van der Waals surface area (Å²) >= 11 is 0. The molecule has 1 aromatic rings. The molecule has 18 heavy (non-hydrogen) atoms. The van der Waals surface area contributed by atoms with Crippen molar-refractivity contribution in [2.75, 3.05) is 12.4 Å². The highest BCUT2D eigenvalue weighted by atomic mass is 19.4. The second-order valence-corrected chi connectivity index (χ2v) is 3.85. The van der Waals surface area contributed by atoms with E-state index in [0.29, 0.717) is 12.6 Å². The highest BCUT2D eigenvalue weighted by molar-refractivity contribution is 5.88. The van der Waals surface area contributed by atoms with E-state index in [-0.39, 0.29) is 5.56 Å². The third-order valence-electron chi connectivity index (χ3n) is 2.48. The molecule has 0 heterocycles. The number of aliphatic hydroxyl groups is 1. The average molecular weight is 262 g/mol. The van der Waals surface area contributed by atoms with Gasteiger partial charge in [-0.15, -0.1) is 0 Å². The minimum absolute atomic E-state index is 0.294. The Hall–Kier alpha value is -1.76. The normalized spacial score (nSPS) is 14.8. The largest absolute Gasteiger partial charge is 0.421 e. The van der Waals surface area contributed by atoms with Gasteiger partial charge in [0.2, 0.25) is 0 Å². The molecule has 3 N–H and O–H groups in total. The number of hydrogen-bond donors (Lipinski definition) is 3. The fourth-order valence-corrected chi connectivity index (χ4v) is 1.24. The Bertz CT molecular complexity index is 427. The molecular weight excluding hydrogens is 249 g/mol. The molecule has 100 valence electrons. The molecule has 0 radical (unpaired) electrons. The molecule has 0 bridgehead atoms. The van der Waals surface area contributed by atoms with Crippen LogP contribution < -0.4 is 10.6 Å². The van der Waals surface area contributed by atoms with Crippen molar-refractivity contribution in [3.8, 4) is 0 Å². The van der Waals surface area contributed by atoms with Gasteiger partial charge in [-0.2, -0.15) is 13.2 Å². The summed E-state index contributed by atoms with van der Waals surface area (Å²) in [6, 6.07) is 4.30. The van der Waals surface area contributed by atoms with Gasteiger partial charge in [-0.1, -0.05) is 12.1 Å². The van der Waals surface area contributed by atoms with Gasteiger partial charge in [-0.3, -0.25) is 0 Å². The Morgan fingerprint density at radius 2 is 1.72 bits per heavy atom. The van der Waals surface area contributed by atoms with Gasteiger partial charge in [0.25, 0.3) is 0 Å². The lowest BCUT2D eigenvalue weighted by atomic mass is 9.95. The first kappa shape index (κ1) is 14.3. The predicted molar refractivity (Wildman–Crippen MR) is 60.1 cm³/mol. The highest BCUT2D eigenvalue weighted by Crippen LogP contribution is 2.38. The summed E-state index contributed by atoms with van der Waals surface area (Å²) in [4.78, 5) is 11.0. The summed E-state index contributed by atoms with van der Waals surface area (Å²) in [7, 11) is 1.41. The lowest BCUT2D eigenvalue weighted by Gasteiger charge is -2.26. The Morgan fingerprint density at radius 3 is 2.11 bits per heavy atom.